The molecule has 0 unspecified atom stereocenters. The Hall–Kier alpha value is -2.05. The van der Waals surface area contributed by atoms with E-state index < -0.39 is 5.97 Å². The number of nitrogens with zero attached hydrogens (tertiary/aromatic N) is 3. The van der Waals surface area contributed by atoms with Gasteiger partial charge in [0.15, 0.2) is 11.6 Å². The van der Waals surface area contributed by atoms with Crippen LogP contribution >= 0.6 is 0 Å². The van der Waals surface area contributed by atoms with Crippen LogP contribution in [0.5, 0.6) is 0 Å². The molecule has 4 N–H and O–H groups in total. The Bertz CT molecular complexity index is 486. The number of anilines is 3. The van der Waals surface area contributed by atoms with Crippen molar-refractivity contribution in [2.24, 2.45) is 5.92 Å². The van der Waals surface area contributed by atoms with Gasteiger partial charge in [-0.05, 0) is 19.3 Å². The number of carbonyl (C=O) groups is 1. The largest absolute Gasteiger partial charge is 0.481 e. The number of carboxylic acids is 1. The third kappa shape index (κ3) is 3.74. The molecular weight excluding hydrogens is 270 g/mol. The minimum Gasteiger partial charge on any atom is -0.481 e. The molecule has 0 amide bonds. The number of nitrogens with one attached hydrogen (secondary N) is 1. The average molecular weight is 293 g/mol. The van der Waals surface area contributed by atoms with Gasteiger partial charge in [0.05, 0.1) is 5.92 Å². The van der Waals surface area contributed by atoms with E-state index in [1.165, 1.54) is 6.33 Å². The van der Waals surface area contributed by atoms with Crippen LogP contribution in [-0.2, 0) is 4.79 Å². The summed E-state index contributed by atoms with van der Waals surface area (Å²) in [6.07, 6.45) is 4.91. The molecule has 1 aliphatic rings. The first-order chi connectivity index (χ1) is 10.1. The molecule has 0 saturated carbocycles. The number of hydrogen-bond donors (Lipinski definition) is 3. The fourth-order valence-corrected chi connectivity index (χ4v) is 2.50. The van der Waals surface area contributed by atoms with Crippen LogP contribution in [0.3, 0.4) is 0 Å². The van der Waals surface area contributed by atoms with Crippen LogP contribution in [0.25, 0.3) is 0 Å². The minimum absolute atomic E-state index is 0.258. The lowest BCUT2D eigenvalue weighted by molar-refractivity contribution is -0.142. The minimum atomic E-state index is -0.716. The van der Waals surface area contributed by atoms with Gasteiger partial charge in [0.25, 0.3) is 0 Å². The number of unbranched alkanes of at least 4 members (excludes halogenated alkanes) is 1. The van der Waals surface area contributed by atoms with E-state index in [1.807, 2.05) is 4.90 Å². The number of carboxylic acid groups (broad SMARTS) is 1. The van der Waals surface area contributed by atoms with Crippen LogP contribution in [0.4, 0.5) is 17.3 Å². The number of nitrogens with two attached hydrogens (primary N) is 1. The molecule has 0 spiro atoms. The SMILES string of the molecule is CCCCNc1ncnc(N2CCC(C(=O)O)CC2)c1N. The van der Waals surface area contributed by atoms with Crippen molar-refractivity contribution in [3.8, 4) is 0 Å². The van der Waals surface area contributed by atoms with Crippen LogP contribution in [-0.4, -0.2) is 40.7 Å². The van der Waals surface area contributed by atoms with Crippen LogP contribution in [0, 0.1) is 5.92 Å². The number of rotatable bonds is 6. The molecule has 7 heteroatoms. The molecule has 21 heavy (non-hydrogen) atoms. The summed E-state index contributed by atoms with van der Waals surface area (Å²) in [5.41, 5.74) is 6.69. The molecule has 0 aliphatic carbocycles. The van der Waals surface area contributed by atoms with Gasteiger partial charge in [-0.15, -0.1) is 0 Å². The first kappa shape index (κ1) is 15.3. The molecule has 2 rings (SSSR count). The van der Waals surface area contributed by atoms with Crippen LogP contribution in [0.2, 0.25) is 0 Å². The Labute approximate surface area is 124 Å². The highest BCUT2D eigenvalue weighted by Gasteiger charge is 2.26. The fraction of sp³-hybridized carbons (Fsp3) is 0.643. The standard InChI is InChI=1S/C14H23N5O2/c1-2-3-6-16-12-11(15)13(18-9-17-12)19-7-4-10(5-8-19)14(20)21/h9-10H,2-8,15H2,1H3,(H,20,21)(H,16,17,18). The molecule has 1 aromatic heterocycles. The summed E-state index contributed by atoms with van der Waals surface area (Å²) in [7, 11) is 0. The predicted molar refractivity (Wildman–Crippen MR) is 82.4 cm³/mol. The lowest BCUT2D eigenvalue weighted by Gasteiger charge is -2.31. The fourth-order valence-electron chi connectivity index (χ4n) is 2.50. The number of aliphatic carboxylic acids is 1. The Balaban J connectivity index is 2.03. The van der Waals surface area contributed by atoms with Crippen molar-refractivity contribution < 1.29 is 9.90 Å². The normalized spacial score (nSPS) is 16.0. The molecule has 1 saturated heterocycles. The monoisotopic (exact) mass is 293 g/mol. The van der Waals surface area contributed by atoms with Crippen molar-refractivity contribution >= 4 is 23.3 Å². The first-order valence-electron chi connectivity index (χ1n) is 7.45. The Morgan fingerprint density at radius 2 is 2.19 bits per heavy atom. The highest BCUT2D eigenvalue weighted by Crippen LogP contribution is 2.29. The van der Waals surface area contributed by atoms with Gasteiger partial charge in [0, 0.05) is 19.6 Å². The predicted octanol–water partition coefficient (Wildman–Crippen LogP) is 1.57. The molecule has 116 valence electrons. The molecule has 0 atom stereocenters. The van der Waals surface area contributed by atoms with E-state index in [9.17, 15) is 4.79 Å². The van der Waals surface area contributed by atoms with E-state index in [0.717, 1.165) is 19.4 Å². The quantitative estimate of drug-likeness (QED) is 0.684. The van der Waals surface area contributed by atoms with E-state index in [4.69, 9.17) is 10.8 Å². The molecule has 1 aromatic rings. The molecule has 0 radical (unpaired) electrons. The van der Waals surface area contributed by atoms with E-state index >= 15 is 0 Å². The van der Waals surface area contributed by atoms with E-state index in [-0.39, 0.29) is 5.92 Å². The summed E-state index contributed by atoms with van der Waals surface area (Å²) in [5.74, 6) is 0.389. The number of aromatic nitrogens is 2. The van der Waals surface area contributed by atoms with Gasteiger partial charge in [0.1, 0.15) is 12.0 Å². The average Bonchev–Trinajstić information content (AvgIpc) is 2.49. The second kappa shape index (κ2) is 7.10. The third-order valence-corrected chi connectivity index (χ3v) is 3.83. The molecule has 1 aliphatic heterocycles. The Kier molecular flexibility index (Phi) is 5.19. The third-order valence-electron chi connectivity index (χ3n) is 3.83. The summed E-state index contributed by atoms with van der Waals surface area (Å²) in [6.45, 7) is 4.28. The van der Waals surface area contributed by atoms with Crippen molar-refractivity contribution in [1.82, 2.24) is 9.97 Å². The zero-order chi connectivity index (χ0) is 15.2. The zero-order valence-corrected chi connectivity index (χ0v) is 12.4. The van der Waals surface area contributed by atoms with E-state index in [1.54, 1.807) is 0 Å². The van der Waals surface area contributed by atoms with Crippen molar-refractivity contribution in [1.29, 1.82) is 0 Å². The summed E-state index contributed by atoms with van der Waals surface area (Å²) in [4.78, 5) is 21.5. The molecule has 1 fully saturated rings. The topological polar surface area (TPSA) is 104 Å². The Morgan fingerprint density at radius 3 is 2.81 bits per heavy atom. The summed E-state index contributed by atoms with van der Waals surface area (Å²) in [5, 5.41) is 12.3. The van der Waals surface area contributed by atoms with Crippen molar-refractivity contribution in [3.63, 3.8) is 0 Å². The molecule has 2 heterocycles. The van der Waals surface area contributed by atoms with Gasteiger partial charge in [-0.3, -0.25) is 4.79 Å². The van der Waals surface area contributed by atoms with Crippen LogP contribution in [0.1, 0.15) is 32.6 Å². The van der Waals surface area contributed by atoms with E-state index in [2.05, 4.69) is 22.2 Å². The maximum absolute atomic E-state index is 11.0. The zero-order valence-electron chi connectivity index (χ0n) is 12.4. The van der Waals surface area contributed by atoms with Gasteiger partial charge in [0.2, 0.25) is 0 Å². The van der Waals surface area contributed by atoms with E-state index in [0.29, 0.717) is 43.3 Å². The number of nitrogen functional groups attached to an aromatic ring is 1. The number of piperidine rings is 1. The number of hydrogen-bond acceptors (Lipinski definition) is 6. The maximum atomic E-state index is 11.0. The highest BCUT2D eigenvalue weighted by molar-refractivity contribution is 5.75. The van der Waals surface area contributed by atoms with Gasteiger partial charge in [-0.25, -0.2) is 9.97 Å². The molecule has 0 bridgehead atoms. The first-order valence-corrected chi connectivity index (χ1v) is 7.45. The van der Waals surface area contributed by atoms with Gasteiger partial charge in [-0.1, -0.05) is 13.3 Å². The molecule has 0 aromatic carbocycles. The lowest BCUT2D eigenvalue weighted by atomic mass is 9.97. The smallest absolute Gasteiger partial charge is 0.306 e. The van der Waals surface area contributed by atoms with Gasteiger partial charge in [-0.2, -0.15) is 0 Å². The summed E-state index contributed by atoms with van der Waals surface area (Å²) < 4.78 is 0. The maximum Gasteiger partial charge on any atom is 0.306 e. The second-order valence-corrected chi connectivity index (χ2v) is 5.34. The summed E-state index contributed by atoms with van der Waals surface area (Å²) in [6, 6.07) is 0. The molecular formula is C14H23N5O2. The lowest BCUT2D eigenvalue weighted by Crippen LogP contribution is -2.37. The van der Waals surface area contributed by atoms with Gasteiger partial charge < -0.3 is 21.1 Å². The highest BCUT2D eigenvalue weighted by atomic mass is 16.4. The summed E-state index contributed by atoms with van der Waals surface area (Å²) >= 11 is 0. The van der Waals surface area contributed by atoms with Gasteiger partial charge >= 0.3 is 5.97 Å². The van der Waals surface area contributed by atoms with Crippen molar-refractivity contribution in [2.45, 2.75) is 32.6 Å². The van der Waals surface area contributed by atoms with Crippen molar-refractivity contribution in [3.05, 3.63) is 6.33 Å². The van der Waals surface area contributed by atoms with Crippen molar-refractivity contribution in [2.75, 3.05) is 35.6 Å². The molecule has 7 nitrogen and oxygen atoms in total. The van der Waals surface area contributed by atoms with Crippen LogP contribution < -0.4 is 16.0 Å². The van der Waals surface area contributed by atoms with Crippen LogP contribution in [0.15, 0.2) is 6.33 Å². The Morgan fingerprint density at radius 1 is 1.48 bits per heavy atom. The second-order valence-electron chi connectivity index (χ2n) is 5.34.